The zero-order chi connectivity index (χ0) is 14.3. The first-order valence-electron chi connectivity index (χ1n) is 6.96. The van der Waals surface area contributed by atoms with Gasteiger partial charge in [-0.2, -0.15) is 11.8 Å². The van der Waals surface area contributed by atoms with Gasteiger partial charge in [0.2, 0.25) is 0 Å². The van der Waals surface area contributed by atoms with Gasteiger partial charge in [0.25, 0.3) is 0 Å². The van der Waals surface area contributed by atoms with Gasteiger partial charge in [-0.25, -0.2) is 4.98 Å². The quantitative estimate of drug-likeness (QED) is 0.892. The molecule has 2 heterocycles. The first-order chi connectivity index (χ1) is 8.73. The number of nitrogens with one attached hydrogen (secondary N) is 1. The Morgan fingerprint density at radius 2 is 2.00 bits per heavy atom. The van der Waals surface area contributed by atoms with E-state index in [1.807, 2.05) is 23.1 Å². The Balaban J connectivity index is 2.44. The highest BCUT2D eigenvalue weighted by Crippen LogP contribution is 2.49. The monoisotopic (exact) mass is 298 g/mol. The Kier molecular flexibility index (Phi) is 4.07. The van der Waals surface area contributed by atoms with Gasteiger partial charge in [0.05, 0.1) is 11.2 Å². The zero-order valence-electron chi connectivity index (χ0n) is 13.0. The van der Waals surface area contributed by atoms with E-state index in [1.54, 1.807) is 0 Å². The molecule has 1 N–H and O–H groups in total. The van der Waals surface area contributed by atoms with Crippen molar-refractivity contribution in [2.45, 2.75) is 52.0 Å². The average Bonchev–Trinajstić information content (AvgIpc) is 2.78. The summed E-state index contributed by atoms with van der Waals surface area (Å²) in [7, 11) is 2.09. The molecule has 19 heavy (non-hydrogen) atoms. The van der Waals surface area contributed by atoms with Crippen molar-refractivity contribution in [1.82, 2.24) is 10.3 Å². The van der Waals surface area contributed by atoms with Crippen molar-refractivity contribution in [2.24, 2.45) is 5.41 Å². The van der Waals surface area contributed by atoms with Crippen LogP contribution in [0.3, 0.4) is 0 Å². The Hall–Kier alpha value is -0.0600. The number of thioether (sulfide) groups is 1. The van der Waals surface area contributed by atoms with Gasteiger partial charge < -0.3 is 5.32 Å². The highest BCUT2D eigenvalue weighted by molar-refractivity contribution is 7.99. The van der Waals surface area contributed by atoms with Crippen LogP contribution in [0.25, 0.3) is 0 Å². The van der Waals surface area contributed by atoms with Gasteiger partial charge in [-0.15, -0.1) is 11.3 Å². The molecule has 1 atom stereocenters. The van der Waals surface area contributed by atoms with Crippen LogP contribution < -0.4 is 5.32 Å². The molecule has 0 aromatic carbocycles. The summed E-state index contributed by atoms with van der Waals surface area (Å²) in [5, 5.41) is 7.12. The van der Waals surface area contributed by atoms with E-state index >= 15 is 0 Å². The minimum Gasteiger partial charge on any atom is -0.307 e. The number of hydrogen-bond donors (Lipinski definition) is 1. The second-order valence-electron chi connectivity index (χ2n) is 7.13. The lowest BCUT2D eigenvalue weighted by Gasteiger charge is -2.48. The van der Waals surface area contributed by atoms with Crippen molar-refractivity contribution in [2.75, 3.05) is 18.6 Å². The Morgan fingerprint density at radius 3 is 2.47 bits per heavy atom. The molecule has 0 radical (unpaired) electrons. The van der Waals surface area contributed by atoms with Crippen LogP contribution in [0.5, 0.6) is 0 Å². The fourth-order valence-corrected chi connectivity index (χ4v) is 5.94. The first-order valence-corrected chi connectivity index (χ1v) is 8.99. The van der Waals surface area contributed by atoms with Crippen molar-refractivity contribution < 1.29 is 0 Å². The molecule has 0 bridgehead atoms. The number of nitrogens with zero attached hydrogens (tertiary/aromatic N) is 1. The maximum absolute atomic E-state index is 4.99. The van der Waals surface area contributed by atoms with Gasteiger partial charge in [-0.05, 0) is 24.6 Å². The number of thiazole rings is 1. The van der Waals surface area contributed by atoms with E-state index in [-0.39, 0.29) is 16.4 Å². The fraction of sp³-hybridized carbons (Fsp3) is 0.800. The minimum atomic E-state index is 0.0179. The lowest BCUT2D eigenvalue weighted by Crippen LogP contribution is -2.56. The van der Waals surface area contributed by atoms with Gasteiger partial charge in [-0.1, -0.05) is 34.6 Å². The lowest BCUT2D eigenvalue weighted by molar-refractivity contribution is 0.138. The smallest absolute Gasteiger partial charge is 0.114 e. The van der Waals surface area contributed by atoms with Gasteiger partial charge in [-0.3, -0.25) is 0 Å². The molecule has 0 aliphatic carbocycles. The van der Waals surface area contributed by atoms with Crippen LogP contribution in [0.15, 0.2) is 5.38 Å². The zero-order valence-corrected chi connectivity index (χ0v) is 14.6. The van der Waals surface area contributed by atoms with Crippen LogP contribution in [0.1, 0.15) is 51.7 Å². The van der Waals surface area contributed by atoms with E-state index in [0.29, 0.717) is 0 Å². The van der Waals surface area contributed by atoms with Crippen molar-refractivity contribution in [3.05, 3.63) is 16.1 Å². The maximum Gasteiger partial charge on any atom is 0.114 e. The standard InChI is InChI=1S/C15H26N2S2/c1-13(2,3)11-9-19-12(17-11)15(16-6)10-18-8-7-14(15,4)5/h9,16H,7-8,10H2,1-6H3. The molecule has 1 saturated heterocycles. The summed E-state index contributed by atoms with van der Waals surface area (Å²) in [6, 6.07) is 0. The summed E-state index contributed by atoms with van der Waals surface area (Å²) in [5.74, 6) is 2.38. The van der Waals surface area contributed by atoms with Crippen LogP contribution in [0.2, 0.25) is 0 Å². The summed E-state index contributed by atoms with van der Waals surface area (Å²) < 4.78 is 0. The Labute approximate surface area is 125 Å². The van der Waals surface area contributed by atoms with E-state index in [4.69, 9.17) is 4.98 Å². The predicted molar refractivity (Wildman–Crippen MR) is 87.3 cm³/mol. The molecule has 1 aliphatic heterocycles. The van der Waals surface area contributed by atoms with Gasteiger partial charge >= 0.3 is 0 Å². The minimum absolute atomic E-state index is 0.0179. The summed E-state index contributed by atoms with van der Waals surface area (Å²) in [4.78, 5) is 4.99. The summed E-state index contributed by atoms with van der Waals surface area (Å²) in [6.07, 6.45) is 1.24. The normalized spacial score (nSPS) is 27.5. The largest absolute Gasteiger partial charge is 0.307 e. The van der Waals surface area contributed by atoms with Crippen LogP contribution in [-0.2, 0) is 11.0 Å². The van der Waals surface area contributed by atoms with Gasteiger partial charge in [0.1, 0.15) is 5.01 Å². The van der Waals surface area contributed by atoms with E-state index in [2.05, 4.69) is 52.4 Å². The van der Waals surface area contributed by atoms with Crippen LogP contribution in [0.4, 0.5) is 0 Å². The predicted octanol–water partition coefficient (Wildman–Crippen LogP) is 4.02. The first kappa shape index (κ1) is 15.3. The molecule has 1 unspecified atom stereocenters. The van der Waals surface area contributed by atoms with Crippen LogP contribution in [-0.4, -0.2) is 23.5 Å². The number of rotatable bonds is 2. The highest BCUT2D eigenvalue weighted by atomic mass is 32.2. The third-order valence-electron chi connectivity index (χ3n) is 4.41. The third kappa shape index (κ3) is 2.59. The molecular weight excluding hydrogens is 272 g/mol. The molecule has 4 heteroatoms. The third-order valence-corrected chi connectivity index (χ3v) is 6.54. The highest BCUT2D eigenvalue weighted by Gasteiger charge is 2.49. The van der Waals surface area contributed by atoms with E-state index in [9.17, 15) is 0 Å². The van der Waals surface area contributed by atoms with Crippen molar-refractivity contribution >= 4 is 23.1 Å². The molecule has 0 spiro atoms. The van der Waals surface area contributed by atoms with Crippen LogP contribution >= 0.6 is 23.1 Å². The molecule has 0 amide bonds. The molecule has 1 aliphatic rings. The molecule has 2 nitrogen and oxygen atoms in total. The molecule has 1 aromatic rings. The van der Waals surface area contributed by atoms with Gasteiger partial charge in [0, 0.05) is 16.5 Å². The van der Waals surface area contributed by atoms with E-state index < -0.39 is 0 Å². The SMILES string of the molecule is CNC1(c2nc(C(C)(C)C)cs2)CSCCC1(C)C. The summed E-state index contributed by atoms with van der Waals surface area (Å²) in [6.45, 7) is 11.5. The molecule has 1 aromatic heterocycles. The number of aromatic nitrogens is 1. The molecule has 0 saturated carbocycles. The molecule has 1 fully saturated rings. The van der Waals surface area contributed by atoms with Gasteiger partial charge in [0.15, 0.2) is 0 Å². The van der Waals surface area contributed by atoms with Crippen molar-refractivity contribution in [1.29, 1.82) is 0 Å². The van der Waals surface area contributed by atoms with Crippen molar-refractivity contribution in [3.63, 3.8) is 0 Å². The Bertz CT molecular complexity index is 445. The molecule has 108 valence electrons. The Morgan fingerprint density at radius 1 is 1.32 bits per heavy atom. The second-order valence-corrected chi connectivity index (χ2v) is 9.09. The van der Waals surface area contributed by atoms with E-state index in [0.717, 1.165) is 5.75 Å². The van der Waals surface area contributed by atoms with Crippen molar-refractivity contribution in [3.8, 4) is 0 Å². The summed E-state index contributed by atoms with van der Waals surface area (Å²) >= 11 is 3.87. The average molecular weight is 299 g/mol. The molecule has 2 rings (SSSR count). The topological polar surface area (TPSA) is 24.9 Å². The fourth-order valence-electron chi connectivity index (χ4n) is 2.64. The van der Waals surface area contributed by atoms with E-state index in [1.165, 1.54) is 22.9 Å². The second kappa shape index (κ2) is 5.05. The maximum atomic E-state index is 4.99. The van der Waals surface area contributed by atoms with Crippen LogP contribution in [0, 0.1) is 5.41 Å². The number of hydrogen-bond acceptors (Lipinski definition) is 4. The summed E-state index contributed by atoms with van der Waals surface area (Å²) in [5.41, 5.74) is 1.62. The lowest BCUT2D eigenvalue weighted by atomic mass is 9.71. The molecular formula is C15H26N2S2.